The van der Waals surface area contributed by atoms with Crippen molar-refractivity contribution in [1.29, 1.82) is 0 Å². The van der Waals surface area contributed by atoms with Crippen molar-refractivity contribution in [1.82, 2.24) is 20.5 Å². The summed E-state index contributed by atoms with van der Waals surface area (Å²) in [5, 5.41) is 6.74. The van der Waals surface area contributed by atoms with E-state index in [-0.39, 0.29) is 24.0 Å². The molecule has 0 bridgehead atoms. The van der Waals surface area contributed by atoms with Gasteiger partial charge in [0.2, 0.25) is 0 Å². The summed E-state index contributed by atoms with van der Waals surface area (Å²) < 4.78 is 0. The highest BCUT2D eigenvalue weighted by atomic mass is 127. The first kappa shape index (κ1) is 23.4. The van der Waals surface area contributed by atoms with Crippen LogP contribution in [0.4, 0.5) is 5.82 Å². The maximum absolute atomic E-state index is 4.75. The minimum absolute atomic E-state index is 0. The van der Waals surface area contributed by atoms with Crippen LogP contribution in [0.5, 0.6) is 0 Å². The molecule has 0 amide bonds. The Balaban J connectivity index is 0.00000300. The lowest BCUT2D eigenvalue weighted by Gasteiger charge is -2.33. The molecule has 1 aromatic heterocycles. The summed E-state index contributed by atoms with van der Waals surface area (Å²) in [4.78, 5) is 14.0. The second-order valence-electron chi connectivity index (χ2n) is 7.35. The number of rotatable bonds is 6. The fourth-order valence-corrected chi connectivity index (χ4v) is 3.17. The Bertz CT molecular complexity index is 769. The Morgan fingerprint density at radius 2 is 1.76 bits per heavy atom. The van der Waals surface area contributed by atoms with E-state index in [1.165, 1.54) is 16.7 Å². The molecular weight excluding hydrogens is 475 g/mol. The highest BCUT2D eigenvalue weighted by Crippen LogP contribution is 2.15. The fraction of sp³-hybridized carbons (Fsp3) is 0.455. The van der Waals surface area contributed by atoms with Crippen LogP contribution in [0.2, 0.25) is 0 Å². The molecule has 7 heteroatoms. The third-order valence-corrected chi connectivity index (χ3v) is 4.98. The Kier molecular flexibility index (Phi) is 9.66. The number of hydrogen-bond acceptors (Lipinski definition) is 4. The van der Waals surface area contributed by atoms with Gasteiger partial charge in [-0.25, -0.2) is 9.98 Å². The Morgan fingerprint density at radius 1 is 1.03 bits per heavy atom. The predicted octanol–water partition coefficient (Wildman–Crippen LogP) is 3.02. The number of aromatic nitrogens is 1. The first-order chi connectivity index (χ1) is 13.6. The number of benzene rings is 1. The molecule has 1 saturated heterocycles. The second-order valence-corrected chi connectivity index (χ2v) is 7.35. The second kappa shape index (κ2) is 12.0. The molecule has 3 rings (SSSR count). The van der Waals surface area contributed by atoms with Crippen molar-refractivity contribution < 1.29 is 0 Å². The zero-order chi connectivity index (χ0) is 19.8. The van der Waals surface area contributed by atoms with Crippen molar-refractivity contribution in [2.75, 3.05) is 44.7 Å². The highest BCUT2D eigenvalue weighted by molar-refractivity contribution is 14.0. The van der Waals surface area contributed by atoms with Crippen molar-refractivity contribution in [3.63, 3.8) is 0 Å². The molecular formula is C22H33IN6. The summed E-state index contributed by atoms with van der Waals surface area (Å²) >= 11 is 0. The van der Waals surface area contributed by atoms with Crippen LogP contribution in [0.3, 0.4) is 0 Å². The number of guanidine groups is 1. The van der Waals surface area contributed by atoms with Crippen LogP contribution in [0, 0.1) is 6.92 Å². The van der Waals surface area contributed by atoms with Crippen LogP contribution >= 0.6 is 24.0 Å². The lowest BCUT2D eigenvalue weighted by atomic mass is 10.1. The molecule has 2 heterocycles. The molecule has 2 aromatic rings. The molecule has 1 fully saturated rings. The summed E-state index contributed by atoms with van der Waals surface area (Å²) in [6, 6.07) is 12.8. The van der Waals surface area contributed by atoms with Crippen molar-refractivity contribution in [3.05, 3.63) is 59.3 Å². The van der Waals surface area contributed by atoms with Gasteiger partial charge in [0.05, 0.1) is 6.54 Å². The SMILES string of the molecule is CCNC(=NCc1ccnc(N2CCN(C)CC2)c1)NCc1ccc(C)cc1.I. The Labute approximate surface area is 191 Å². The average molecular weight is 508 g/mol. The molecule has 2 N–H and O–H groups in total. The van der Waals surface area contributed by atoms with E-state index in [1.54, 1.807) is 0 Å². The van der Waals surface area contributed by atoms with Crippen LogP contribution in [-0.4, -0.2) is 55.6 Å². The zero-order valence-corrected chi connectivity index (χ0v) is 20.0. The predicted molar refractivity (Wildman–Crippen MR) is 132 cm³/mol. The molecule has 0 atom stereocenters. The molecule has 0 radical (unpaired) electrons. The van der Waals surface area contributed by atoms with Gasteiger partial charge in [-0.1, -0.05) is 29.8 Å². The topological polar surface area (TPSA) is 55.8 Å². The first-order valence-corrected chi connectivity index (χ1v) is 10.1. The van der Waals surface area contributed by atoms with Crippen molar-refractivity contribution >= 4 is 35.8 Å². The van der Waals surface area contributed by atoms with Gasteiger partial charge in [0.25, 0.3) is 0 Å². The van der Waals surface area contributed by atoms with E-state index in [0.29, 0.717) is 6.54 Å². The van der Waals surface area contributed by atoms with Gasteiger partial charge in [-0.15, -0.1) is 24.0 Å². The standard InChI is InChI=1S/C22H32N6.HI/c1-4-23-22(25-16-19-7-5-18(2)6-8-19)26-17-20-9-10-24-21(15-20)28-13-11-27(3)12-14-28;/h5-10,15H,4,11-14,16-17H2,1-3H3,(H2,23,25,26);1H. The van der Waals surface area contributed by atoms with Gasteiger partial charge in [-0.3, -0.25) is 0 Å². The number of aliphatic imine (C=N–C) groups is 1. The van der Waals surface area contributed by atoms with Crippen LogP contribution in [0.1, 0.15) is 23.6 Å². The summed E-state index contributed by atoms with van der Waals surface area (Å²) in [5.74, 6) is 1.89. The third-order valence-electron chi connectivity index (χ3n) is 4.98. The number of likely N-dealkylation sites (N-methyl/N-ethyl adjacent to an activating group) is 1. The van der Waals surface area contributed by atoms with E-state index in [4.69, 9.17) is 4.99 Å². The number of nitrogens with one attached hydrogen (secondary N) is 2. The smallest absolute Gasteiger partial charge is 0.191 e. The maximum Gasteiger partial charge on any atom is 0.191 e. The number of pyridine rings is 1. The van der Waals surface area contributed by atoms with Crippen molar-refractivity contribution in [2.45, 2.75) is 26.9 Å². The molecule has 0 unspecified atom stereocenters. The highest BCUT2D eigenvalue weighted by Gasteiger charge is 2.15. The number of halogens is 1. The number of piperazine rings is 1. The number of anilines is 1. The molecule has 0 saturated carbocycles. The van der Waals surface area contributed by atoms with Gasteiger partial charge in [-0.05, 0) is 44.2 Å². The minimum atomic E-state index is 0. The van der Waals surface area contributed by atoms with E-state index in [0.717, 1.165) is 51.0 Å². The van der Waals surface area contributed by atoms with E-state index in [2.05, 4.69) is 76.6 Å². The van der Waals surface area contributed by atoms with Crippen molar-refractivity contribution in [3.8, 4) is 0 Å². The Morgan fingerprint density at radius 3 is 2.45 bits per heavy atom. The molecule has 29 heavy (non-hydrogen) atoms. The van der Waals surface area contributed by atoms with Crippen LogP contribution in [0.25, 0.3) is 0 Å². The average Bonchev–Trinajstić information content (AvgIpc) is 2.72. The molecule has 1 aliphatic heterocycles. The fourth-order valence-electron chi connectivity index (χ4n) is 3.17. The van der Waals surface area contributed by atoms with E-state index in [1.807, 2.05) is 12.3 Å². The number of hydrogen-bond donors (Lipinski definition) is 2. The Hall–Kier alpha value is -1.87. The van der Waals surface area contributed by atoms with Gasteiger partial charge in [0.15, 0.2) is 5.96 Å². The number of aryl methyl sites for hydroxylation is 1. The number of nitrogens with zero attached hydrogens (tertiary/aromatic N) is 4. The van der Waals surface area contributed by atoms with E-state index >= 15 is 0 Å². The molecule has 1 aromatic carbocycles. The minimum Gasteiger partial charge on any atom is -0.357 e. The van der Waals surface area contributed by atoms with Gasteiger partial charge in [0.1, 0.15) is 5.82 Å². The van der Waals surface area contributed by atoms with Gasteiger partial charge < -0.3 is 20.4 Å². The summed E-state index contributed by atoms with van der Waals surface area (Å²) in [6.07, 6.45) is 1.89. The normalized spacial score (nSPS) is 15.0. The van der Waals surface area contributed by atoms with Gasteiger partial charge in [0, 0.05) is 45.5 Å². The summed E-state index contributed by atoms with van der Waals surface area (Å²) in [7, 11) is 2.17. The first-order valence-electron chi connectivity index (χ1n) is 10.1. The summed E-state index contributed by atoms with van der Waals surface area (Å²) in [5.41, 5.74) is 3.70. The molecule has 158 valence electrons. The third kappa shape index (κ3) is 7.47. The monoisotopic (exact) mass is 508 g/mol. The molecule has 0 aliphatic carbocycles. The van der Waals surface area contributed by atoms with Crippen molar-refractivity contribution in [2.24, 2.45) is 4.99 Å². The lowest BCUT2D eigenvalue weighted by molar-refractivity contribution is 0.312. The van der Waals surface area contributed by atoms with Crippen LogP contribution in [0.15, 0.2) is 47.6 Å². The molecule has 6 nitrogen and oxygen atoms in total. The van der Waals surface area contributed by atoms with Gasteiger partial charge >= 0.3 is 0 Å². The largest absolute Gasteiger partial charge is 0.357 e. The lowest BCUT2D eigenvalue weighted by Crippen LogP contribution is -2.44. The van der Waals surface area contributed by atoms with Gasteiger partial charge in [-0.2, -0.15) is 0 Å². The molecule has 0 spiro atoms. The zero-order valence-electron chi connectivity index (χ0n) is 17.7. The van der Waals surface area contributed by atoms with E-state index < -0.39 is 0 Å². The maximum atomic E-state index is 4.75. The van der Waals surface area contributed by atoms with Crippen LogP contribution < -0.4 is 15.5 Å². The molecule has 1 aliphatic rings. The summed E-state index contributed by atoms with van der Waals surface area (Å²) in [6.45, 7) is 10.6. The quantitative estimate of drug-likeness (QED) is 0.357. The van der Waals surface area contributed by atoms with E-state index in [9.17, 15) is 0 Å². The van der Waals surface area contributed by atoms with Crippen LogP contribution in [-0.2, 0) is 13.1 Å².